The second-order valence-electron chi connectivity index (χ2n) is 3.90. The van der Waals surface area contributed by atoms with E-state index in [1.54, 1.807) is 6.07 Å². The van der Waals surface area contributed by atoms with Gasteiger partial charge in [-0.05, 0) is 25.3 Å². The average molecular weight is 245 g/mol. The second kappa shape index (κ2) is 5.92. The molecule has 0 spiro atoms. The summed E-state index contributed by atoms with van der Waals surface area (Å²) in [6.07, 6.45) is 6.26. The normalized spacial score (nSPS) is 20.3. The summed E-state index contributed by atoms with van der Waals surface area (Å²) in [4.78, 5) is 13.9. The van der Waals surface area contributed by atoms with E-state index in [1.165, 1.54) is 12.5 Å². The standard InChI is InChI=1S/C11H16N2O2.ClH/c12-7-10-3-1-2-5-13(10)11(14)9-4-6-15-8-9;/h4,6,8,10H,1-3,5,7,12H2;1H. The molecular formula is C11H17ClN2O2. The van der Waals surface area contributed by atoms with Gasteiger partial charge in [-0.2, -0.15) is 0 Å². The van der Waals surface area contributed by atoms with Gasteiger partial charge >= 0.3 is 0 Å². The summed E-state index contributed by atoms with van der Waals surface area (Å²) >= 11 is 0. The highest BCUT2D eigenvalue weighted by atomic mass is 35.5. The number of hydrogen-bond donors (Lipinski definition) is 1. The van der Waals surface area contributed by atoms with Crippen LogP contribution >= 0.6 is 12.4 Å². The van der Waals surface area contributed by atoms with E-state index in [0.717, 1.165) is 25.8 Å². The zero-order valence-electron chi connectivity index (χ0n) is 9.09. The number of likely N-dealkylation sites (tertiary alicyclic amines) is 1. The van der Waals surface area contributed by atoms with E-state index in [9.17, 15) is 4.79 Å². The van der Waals surface area contributed by atoms with Crippen molar-refractivity contribution in [2.45, 2.75) is 25.3 Å². The van der Waals surface area contributed by atoms with Gasteiger partial charge in [0.05, 0.1) is 11.8 Å². The lowest BCUT2D eigenvalue weighted by molar-refractivity contribution is 0.0622. The zero-order chi connectivity index (χ0) is 10.7. The Balaban J connectivity index is 0.00000128. The maximum atomic E-state index is 12.0. The number of piperidine rings is 1. The molecule has 1 atom stereocenters. The van der Waals surface area contributed by atoms with Gasteiger partial charge in [0.25, 0.3) is 5.91 Å². The van der Waals surface area contributed by atoms with Crippen LogP contribution in [0.1, 0.15) is 29.6 Å². The van der Waals surface area contributed by atoms with Gasteiger partial charge in [-0.25, -0.2) is 0 Å². The van der Waals surface area contributed by atoms with Gasteiger partial charge in [0, 0.05) is 19.1 Å². The number of carbonyl (C=O) groups excluding carboxylic acids is 1. The lowest BCUT2D eigenvalue weighted by Crippen LogP contribution is -2.47. The fourth-order valence-electron chi connectivity index (χ4n) is 2.06. The molecule has 1 aliphatic heterocycles. The Kier molecular flexibility index (Phi) is 4.83. The van der Waals surface area contributed by atoms with Crippen molar-refractivity contribution >= 4 is 18.3 Å². The maximum absolute atomic E-state index is 12.0. The molecule has 0 aromatic carbocycles. The molecule has 1 saturated heterocycles. The van der Waals surface area contributed by atoms with Crippen molar-refractivity contribution in [2.24, 2.45) is 5.73 Å². The smallest absolute Gasteiger partial charge is 0.257 e. The summed E-state index contributed by atoms with van der Waals surface area (Å²) in [5.74, 6) is 0.0406. The van der Waals surface area contributed by atoms with Gasteiger partial charge in [0.15, 0.2) is 0 Å². The fourth-order valence-corrected chi connectivity index (χ4v) is 2.06. The Bertz CT molecular complexity index is 327. The van der Waals surface area contributed by atoms with E-state index in [-0.39, 0.29) is 24.4 Å². The molecule has 1 unspecified atom stereocenters. The third-order valence-electron chi connectivity index (χ3n) is 2.93. The number of nitrogens with zero attached hydrogens (tertiary/aromatic N) is 1. The first-order chi connectivity index (χ1) is 7.33. The van der Waals surface area contributed by atoms with Gasteiger partial charge < -0.3 is 15.1 Å². The van der Waals surface area contributed by atoms with E-state index < -0.39 is 0 Å². The Hall–Kier alpha value is -1.00. The Morgan fingerprint density at radius 1 is 1.56 bits per heavy atom. The number of carbonyl (C=O) groups is 1. The van der Waals surface area contributed by atoms with Crippen LogP contribution in [-0.4, -0.2) is 29.9 Å². The van der Waals surface area contributed by atoms with Gasteiger partial charge in [-0.3, -0.25) is 4.79 Å². The van der Waals surface area contributed by atoms with E-state index in [0.29, 0.717) is 12.1 Å². The third kappa shape index (κ3) is 2.57. The molecule has 2 N–H and O–H groups in total. The minimum absolute atomic E-state index is 0. The molecule has 2 rings (SSSR count). The Morgan fingerprint density at radius 3 is 3.00 bits per heavy atom. The highest BCUT2D eigenvalue weighted by molar-refractivity contribution is 5.94. The summed E-state index contributed by atoms with van der Waals surface area (Å²) in [5, 5.41) is 0. The molecule has 1 amide bonds. The first-order valence-corrected chi connectivity index (χ1v) is 5.36. The summed E-state index contributed by atoms with van der Waals surface area (Å²) in [6.45, 7) is 1.36. The van der Waals surface area contributed by atoms with Crippen LogP contribution in [0.2, 0.25) is 0 Å². The minimum atomic E-state index is 0. The Labute approximate surface area is 101 Å². The number of furan rings is 1. The largest absolute Gasteiger partial charge is 0.472 e. The van der Waals surface area contributed by atoms with Crippen molar-refractivity contribution in [2.75, 3.05) is 13.1 Å². The molecule has 0 radical (unpaired) electrons. The number of rotatable bonds is 2. The number of hydrogen-bond acceptors (Lipinski definition) is 3. The molecule has 1 aliphatic rings. The van der Waals surface area contributed by atoms with Crippen molar-refractivity contribution in [1.29, 1.82) is 0 Å². The SMILES string of the molecule is Cl.NCC1CCCCN1C(=O)c1ccoc1. The first kappa shape index (κ1) is 13.1. The van der Waals surface area contributed by atoms with Gasteiger partial charge in [-0.1, -0.05) is 0 Å². The van der Waals surface area contributed by atoms with Crippen molar-refractivity contribution in [3.05, 3.63) is 24.2 Å². The molecule has 5 heteroatoms. The molecule has 1 aromatic heterocycles. The summed E-state index contributed by atoms with van der Waals surface area (Å²) in [7, 11) is 0. The summed E-state index contributed by atoms with van der Waals surface area (Å²) in [6, 6.07) is 1.89. The predicted molar refractivity (Wildman–Crippen MR) is 63.7 cm³/mol. The van der Waals surface area contributed by atoms with Gasteiger partial charge in [-0.15, -0.1) is 12.4 Å². The molecule has 4 nitrogen and oxygen atoms in total. The van der Waals surface area contributed by atoms with E-state index in [1.807, 2.05) is 4.90 Å². The fraction of sp³-hybridized carbons (Fsp3) is 0.545. The molecule has 0 bridgehead atoms. The number of nitrogens with two attached hydrogens (primary N) is 1. The van der Waals surface area contributed by atoms with Crippen LogP contribution in [0.25, 0.3) is 0 Å². The molecule has 1 aromatic rings. The molecule has 90 valence electrons. The Morgan fingerprint density at radius 2 is 2.38 bits per heavy atom. The zero-order valence-corrected chi connectivity index (χ0v) is 9.91. The van der Waals surface area contributed by atoms with Gasteiger partial charge in [0.1, 0.15) is 6.26 Å². The van der Waals surface area contributed by atoms with Crippen LogP contribution in [0, 0.1) is 0 Å². The summed E-state index contributed by atoms with van der Waals surface area (Å²) in [5.41, 5.74) is 6.29. The van der Waals surface area contributed by atoms with Crippen LogP contribution in [0.4, 0.5) is 0 Å². The lowest BCUT2D eigenvalue weighted by atomic mass is 10.0. The van der Waals surface area contributed by atoms with Crippen LogP contribution in [0.3, 0.4) is 0 Å². The molecular weight excluding hydrogens is 228 g/mol. The van der Waals surface area contributed by atoms with Crippen LogP contribution in [0.5, 0.6) is 0 Å². The van der Waals surface area contributed by atoms with Crippen molar-refractivity contribution in [3.63, 3.8) is 0 Å². The topological polar surface area (TPSA) is 59.5 Å². The van der Waals surface area contributed by atoms with E-state index in [4.69, 9.17) is 10.2 Å². The number of amides is 1. The summed E-state index contributed by atoms with van der Waals surface area (Å²) < 4.78 is 4.92. The average Bonchev–Trinajstić information content (AvgIpc) is 2.81. The maximum Gasteiger partial charge on any atom is 0.257 e. The van der Waals surface area contributed by atoms with E-state index >= 15 is 0 Å². The molecule has 1 fully saturated rings. The molecule has 0 saturated carbocycles. The van der Waals surface area contributed by atoms with Crippen molar-refractivity contribution in [1.82, 2.24) is 4.90 Å². The monoisotopic (exact) mass is 244 g/mol. The van der Waals surface area contributed by atoms with E-state index in [2.05, 4.69) is 0 Å². The van der Waals surface area contributed by atoms with Crippen LogP contribution in [0.15, 0.2) is 23.0 Å². The van der Waals surface area contributed by atoms with Crippen molar-refractivity contribution in [3.8, 4) is 0 Å². The minimum Gasteiger partial charge on any atom is -0.472 e. The highest BCUT2D eigenvalue weighted by Gasteiger charge is 2.26. The predicted octanol–water partition coefficient (Wildman–Crippen LogP) is 1.65. The second-order valence-corrected chi connectivity index (χ2v) is 3.90. The number of halogens is 1. The molecule has 2 heterocycles. The first-order valence-electron chi connectivity index (χ1n) is 5.36. The lowest BCUT2D eigenvalue weighted by Gasteiger charge is -2.34. The van der Waals surface area contributed by atoms with Crippen LogP contribution < -0.4 is 5.73 Å². The third-order valence-corrected chi connectivity index (χ3v) is 2.93. The van der Waals surface area contributed by atoms with Crippen molar-refractivity contribution < 1.29 is 9.21 Å². The van der Waals surface area contributed by atoms with Crippen LogP contribution in [-0.2, 0) is 0 Å². The quantitative estimate of drug-likeness (QED) is 0.861. The molecule has 16 heavy (non-hydrogen) atoms. The molecule has 0 aliphatic carbocycles. The highest BCUT2D eigenvalue weighted by Crippen LogP contribution is 2.19. The van der Waals surface area contributed by atoms with Gasteiger partial charge in [0.2, 0.25) is 0 Å².